The SMILES string of the molecule is Cc1cc(C(=O)N2CCN(C(=O)c3cccc(Cl)c3)CC2)sc1C. The molecule has 0 radical (unpaired) electrons. The van der Waals surface area contributed by atoms with Crippen LogP contribution in [0.5, 0.6) is 0 Å². The Hall–Kier alpha value is -1.85. The van der Waals surface area contributed by atoms with Gasteiger partial charge in [-0.1, -0.05) is 17.7 Å². The van der Waals surface area contributed by atoms with Crippen molar-refractivity contribution in [2.75, 3.05) is 26.2 Å². The van der Waals surface area contributed by atoms with Crippen LogP contribution in [0, 0.1) is 13.8 Å². The molecule has 3 rings (SSSR count). The minimum absolute atomic E-state index is 0.0348. The number of aryl methyl sites for hydroxylation is 2. The molecule has 6 heteroatoms. The molecule has 0 bridgehead atoms. The Labute approximate surface area is 150 Å². The molecular formula is C18H19ClN2O2S. The molecule has 1 aromatic heterocycles. The maximum absolute atomic E-state index is 12.6. The van der Waals surface area contributed by atoms with E-state index in [1.165, 1.54) is 16.2 Å². The summed E-state index contributed by atoms with van der Waals surface area (Å²) >= 11 is 7.49. The zero-order valence-corrected chi connectivity index (χ0v) is 15.3. The lowest BCUT2D eigenvalue weighted by Gasteiger charge is -2.34. The highest BCUT2D eigenvalue weighted by atomic mass is 35.5. The van der Waals surface area contributed by atoms with E-state index in [2.05, 4.69) is 0 Å². The van der Waals surface area contributed by atoms with Crippen LogP contribution in [0.4, 0.5) is 0 Å². The fourth-order valence-electron chi connectivity index (χ4n) is 2.75. The van der Waals surface area contributed by atoms with Crippen LogP contribution in [0.25, 0.3) is 0 Å². The summed E-state index contributed by atoms with van der Waals surface area (Å²) in [5, 5.41) is 0.554. The molecule has 1 aliphatic heterocycles. The summed E-state index contributed by atoms with van der Waals surface area (Å²) in [5.74, 6) is 0.0264. The summed E-state index contributed by atoms with van der Waals surface area (Å²) in [6.07, 6.45) is 0. The number of halogens is 1. The van der Waals surface area contributed by atoms with E-state index in [1.54, 1.807) is 29.2 Å². The number of hydrogen-bond donors (Lipinski definition) is 0. The van der Waals surface area contributed by atoms with E-state index in [0.717, 1.165) is 10.4 Å². The third kappa shape index (κ3) is 3.47. The van der Waals surface area contributed by atoms with Crippen molar-refractivity contribution in [3.8, 4) is 0 Å². The molecule has 0 aliphatic carbocycles. The van der Waals surface area contributed by atoms with Crippen LogP contribution in [0.3, 0.4) is 0 Å². The zero-order chi connectivity index (χ0) is 17.3. The number of amides is 2. The van der Waals surface area contributed by atoms with Gasteiger partial charge in [0.2, 0.25) is 0 Å². The largest absolute Gasteiger partial charge is 0.335 e. The lowest BCUT2D eigenvalue weighted by atomic mass is 10.2. The van der Waals surface area contributed by atoms with Gasteiger partial charge in [0.15, 0.2) is 0 Å². The molecule has 2 heterocycles. The number of carbonyl (C=O) groups excluding carboxylic acids is 2. The van der Waals surface area contributed by atoms with Crippen LogP contribution in [-0.2, 0) is 0 Å². The summed E-state index contributed by atoms with van der Waals surface area (Å²) in [6, 6.07) is 8.92. The fraction of sp³-hybridized carbons (Fsp3) is 0.333. The van der Waals surface area contributed by atoms with Crippen LogP contribution in [0.1, 0.15) is 30.5 Å². The number of nitrogens with zero attached hydrogens (tertiary/aromatic N) is 2. The second kappa shape index (κ2) is 6.95. The van der Waals surface area contributed by atoms with E-state index in [-0.39, 0.29) is 11.8 Å². The predicted octanol–water partition coefficient (Wildman–Crippen LogP) is 3.62. The second-order valence-electron chi connectivity index (χ2n) is 5.94. The molecule has 1 aromatic carbocycles. The second-order valence-corrected chi connectivity index (χ2v) is 7.64. The number of rotatable bonds is 2. The van der Waals surface area contributed by atoms with Crippen molar-refractivity contribution in [3.63, 3.8) is 0 Å². The van der Waals surface area contributed by atoms with Crippen LogP contribution in [0.15, 0.2) is 30.3 Å². The first-order valence-corrected chi connectivity index (χ1v) is 9.06. The normalized spacial score (nSPS) is 14.8. The molecule has 24 heavy (non-hydrogen) atoms. The van der Waals surface area contributed by atoms with Gasteiger partial charge in [0.1, 0.15) is 0 Å². The van der Waals surface area contributed by atoms with E-state index in [1.807, 2.05) is 24.8 Å². The Morgan fingerprint density at radius 3 is 2.17 bits per heavy atom. The molecule has 1 saturated heterocycles. The Bertz CT molecular complexity index is 760. The Morgan fingerprint density at radius 1 is 1.00 bits per heavy atom. The van der Waals surface area contributed by atoms with Gasteiger partial charge >= 0.3 is 0 Å². The molecule has 1 fully saturated rings. The van der Waals surface area contributed by atoms with E-state index in [9.17, 15) is 9.59 Å². The smallest absolute Gasteiger partial charge is 0.264 e. The van der Waals surface area contributed by atoms with Gasteiger partial charge < -0.3 is 9.80 Å². The standard InChI is InChI=1S/C18H19ClN2O2S/c1-12-10-16(24-13(12)2)18(23)21-8-6-20(7-9-21)17(22)14-4-3-5-15(19)11-14/h3-5,10-11H,6-9H2,1-2H3. The van der Waals surface area contributed by atoms with Crippen molar-refractivity contribution >= 4 is 34.8 Å². The quantitative estimate of drug-likeness (QED) is 0.818. The molecule has 126 valence electrons. The van der Waals surface area contributed by atoms with E-state index < -0.39 is 0 Å². The minimum atomic E-state index is -0.0348. The minimum Gasteiger partial charge on any atom is -0.335 e. The molecule has 0 spiro atoms. The molecule has 0 saturated carbocycles. The average Bonchev–Trinajstić information content (AvgIpc) is 2.93. The van der Waals surface area contributed by atoms with Gasteiger partial charge in [-0.25, -0.2) is 0 Å². The van der Waals surface area contributed by atoms with Gasteiger partial charge in [-0.05, 0) is 43.7 Å². The topological polar surface area (TPSA) is 40.6 Å². The van der Waals surface area contributed by atoms with Gasteiger partial charge in [0.25, 0.3) is 11.8 Å². The summed E-state index contributed by atoms with van der Waals surface area (Å²) in [6.45, 7) is 6.24. The molecule has 2 aromatic rings. The molecule has 2 amide bonds. The van der Waals surface area contributed by atoms with E-state index in [0.29, 0.717) is 36.8 Å². The molecule has 0 atom stereocenters. The number of hydrogen-bond acceptors (Lipinski definition) is 3. The Balaban J connectivity index is 1.63. The molecular weight excluding hydrogens is 344 g/mol. The average molecular weight is 363 g/mol. The monoisotopic (exact) mass is 362 g/mol. The van der Waals surface area contributed by atoms with Gasteiger partial charge in [-0.15, -0.1) is 11.3 Å². The van der Waals surface area contributed by atoms with E-state index in [4.69, 9.17) is 11.6 Å². The number of piperazine rings is 1. The van der Waals surface area contributed by atoms with E-state index >= 15 is 0 Å². The van der Waals surface area contributed by atoms with Crippen molar-refractivity contribution in [1.82, 2.24) is 9.80 Å². The van der Waals surface area contributed by atoms with Gasteiger partial charge in [0, 0.05) is 41.6 Å². The highest BCUT2D eigenvalue weighted by molar-refractivity contribution is 7.14. The first-order chi connectivity index (χ1) is 11.5. The first kappa shape index (κ1) is 17.0. The zero-order valence-electron chi connectivity index (χ0n) is 13.7. The van der Waals surface area contributed by atoms with Crippen LogP contribution in [-0.4, -0.2) is 47.8 Å². The lowest BCUT2D eigenvalue weighted by molar-refractivity contribution is 0.0538. The van der Waals surface area contributed by atoms with Crippen LogP contribution in [0.2, 0.25) is 5.02 Å². The maximum atomic E-state index is 12.6. The third-order valence-corrected chi connectivity index (χ3v) is 5.68. The Kier molecular flexibility index (Phi) is 4.92. The molecule has 0 unspecified atom stereocenters. The highest BCUT2D eigenvalue weighted by Gasteiger charge is 2.26. The van der Waals surface area contributed by atoms with Crippen molar-refractivity contribution in [3.05, 3.63) is 56.2 Å². The molecule has 1 aliphatic rings. The van der Waals surface area contributed by atoms with Crippen LogP contribution < -0.4 is 0 Å². The summed E-state index contributed by atoms with van der Waals surface area (Å²) in [5.41, 5.74) is 1.74. The Morgan fingerprint density at radius 2 is 1.62 bits per heavy atom. The third-order valence-electron chi connectivity index (χ3n) is 4.30. The predicted molar refractivity (Wildman–Crippen MR) is 97.1 cm³/mol. The maximum Gasteiger partial charge on any atom is 0.264 e. The first-order valence-electron chi connectivity index (χ1n) is 7.87. The highest BCUT2D eigenvalue weighted by Crippen LogP contribution is 2.23. The van der Waals surface area contributed by atoms with Crippen molar-refractivity contribution < 1.29 is 9.59 Å². The summed E-state index contributed by atoms with van der Waals surface area (Å²) in [4.78, 5) is 30.6. The van der Waals surface area contributed by atoms with Crippen molar-refractivity contribution in [2.45, 2.75) is 13.8 Å². The summed E-state index contributed by atoms with van der Waals surface area (Å²) < 4.78 is 0. The summed E-state index contributed by atoms with van der Waals surface area (Å²) in [7, 11) is 0. The van der Waals surface area contributed by atoms with Gasteiger partial charge in [-0.2, -0.15) is 0 Å². The molecule has 4 nitrogen and oxygen atoms in total. The van der Waals surface area contributed by atoms with Crippen molar-refractivity contribution in [2.24, 2.45) is 0 Å². The van der Waals surface area contributed by atoms with Crippen molar-refractivity contribution in [1.29, 1.82) is 0 Å². The number of benzene rings is 1. The van der Waals surface area contributed by atoms with Gasteiger partial charge in [0.05, 0.1) is 4.88 Å². The number of carbonyl (C=O) groups is 2. The molecule has 0 N–H and O–H groups in total. The fourth-order valence-corrected chi connectivity index (χ4v) is 3.94. The van der Waals surface area contributed by atoms with Crippen LogP contribution >= 0.6 is 22.9 Å². The number of thiophene rings is 1. The lowest BCUT2D eigenvalue weighted by Crippen LogP contribution is -2.50. The van der Waals surface area contributed by atoms with Gasteiger partial charge in [-0.3, -0.25) is 9.59 Å².